The summed E-state index contributed by atoms with van der Waals surface area (Å²) in [6.45, 7) is 5.24. The van der Waals surface area contributed by atoms with Crippen LogP contribution in [0.3, 0.4) is 0 Å². The summed E-state index contributed by atoms with van der Waals surface area (Å²) in [4.78, 5) is 40.6. The molecule has 1 aromatic rings. The van der Waals surface area contributed by atoms with Crippen molar-refractivity contribution in [3.8, 4) is 0 Å². The van der Waals surface area contributed by atoms with Crippen molar-refractivity contribution >= 4 is 25.8 Å². The van der Waals surface area contributed by atoms with Gasteiger partial charge in [-0.2, -0.15) is 0 Å². The number of aromatic amines is 1. The van der Waals surface area contributed by atoms with Gasteiger partial charge in [0.15, 0.2) is 11.5 Å². The maximum absolute atomic E-state index is 11.5. The zero-order chi connectivity index (χ0) is 15.3. The molecule has 1 heterocycles. The minimum Gasteiger partial charge on any atom is -0.364 e. The second-order valence-corrected chi connectivity index (χ2v) is 5.80. The number of rotatable bonds is 7. The van der Waals surface area contributed by atoms with Crippen LogP contribution in [0.1, 0.15) is 6.92 Å². The summed E-state index contributed by atoms with van der Waals surface area (Å²) in [5.74, 6) is 0.315. The van der Waals surface area contributed by atoms with E-state index in [1.54, 1.807) is 18.9 Å². The summed E-state index contributed by atoms with van der Waals surface area (Å²) in [5, 5.41) is 0. The van der Waals surface area contributed by atoms with E-state index >= 15 is 0 Å². The van der Waals surface area contributed by atoms with Gasteiger partial charge in [-0.3, -0.25) is 14.4 Å². The molecule has 1 aromatic heterocycles. The molecule has 10 heteroatoms. The van der Waals surface area contributed by atoms with Crippen LogP contribution < -0.4 is 10.5 Å². The highest BCUT2D eigenvalue weighted by molar-refractivity contribution is 7.51. The fourth-order valence-electron chi connectivity index (χ4n) is 1.55. The first-order valence-corrected chi connectivity index (χ1v) is 7.46. The monoisotopic (exact) mass is 304 g/mol. The van der Waals surface area contributed by atoms with Crippen LogP contribution in [0.4, 0.5) is 11.5 Å². The summed E-state index contributed by atoms with van der Waals surface area (Å²) < 4.78 is 15.7. The molecular weight excluding hydrogens is 287 g/mol. The van der Waals surface area contributed by atoms with Crippen LogP contribution in [0.15, 0.2) is 16.1 Å². The van der Waals surface area contributed by atoms with E-state index in [4.69, 9.17) is 14.5 Å². The van der Waals surface area contributed by atoms with Crippen LogP contribution in [0.25, 0.3) is 0 Å². The van der Waals surface area contributed by atoms with E-state index in [2.05, 4.69) is 21.7 Å². The number of aliphatic imine (C=N–C) groups is 1. The zero-order valence-corrected chi connectivity index (χ0v) is 12.1. The van der Waals surface area contributed by atoms with E-state index in [-0.39, 0.29) is 12.2 Å². The summed E-state index contributed by atoms with van der Waals surface area (Å²) in [5.41, 5.74) is -0.335. The van der Waals surface area contributed by atoms with Gasteiger partial charge in [0.25, 0.3) is 5.56 Å². The van der Waals surface area contributed by atoms with Gasteiger partial charge in [-0.1, -0.05) is 0 Å². The smallest absolute Gasteiger partial charge is 0.350 e. The third kappa shape index (κ3) is 4.86. The molecule has 9 nitrogen and oxygen atoms in total. The number of aromatic nitrogens is 2. The molecule has 0 aromatic carbocycles. The van der Waals surface area contributed by atoms with Crippen molar-refractivity contribution in [1.29, 1.82) is 0 Å². The third-order valence-corrected chi connectivity index (χ3v) is 2.87. The van der Waals surface area contributed by atoms with Gasteiger partial charge >= 0.3 is 7.60 Å². The highest BCUT2D eigenvalue weighted by atomic mass is 31.2. The molecule has 0 saturated carbocycles. The van der Waals surface area contributed by atoms with E-state index in [1.807, 2.05) is 0 Å². The van der Waals surface area contributed by atoms with Crippen LogP contribution in [-0.2, 0) is 9.30 Å². The molecule has 1 rings (SSSR count). The maximum atomic E-state index is 11.5. The number of H-pyrrole nitrogens is 1. The average molecular weight is 304 g/mol. The molecule has 112 valence electrons. The topological polar surface area (TPSA) is 128 Å². The highest BCUT2D eigenvalue weighted by Gasteiger charge is 2.18. The lowest BCUT2D eigenvalue weighted by Gasteiger charge is -2.23. The number of nitrogens with one attached hydrogen (secondary N) is 1. The molecule has 1 unspecified atom stereocenters. The Kier molecular flexibility index (Phi) is 5.58. The number of nitrogens with zero attached hydrogens (tertiary/aromatic N) is 3. The molecule has 20 heavy (non-hydrogen) atoms. The molecule has 0 radical (unpaired) electrons. The van der Waals surface area contributed by atoms with Gasteiger partial charge in [0.2, 0.25) is 0 Å². The van der Waals surface area contributed by atoms with Gasteiger partial charge in [0.1, 0.15) is 6.35 Å². The fourth-order valence-corrected chi connectivity index (χ4v) is 2.00. The van der Waals surface area contributed by atoms with Crippen LogP contribution in [-0.4, -0.2) is 52.5 Å². The third-order valence-electron chi connectivity index (χ3n) is 2.39. The normalized spacial score (nSPS) is 13.0. The SMILES string of the molecule is C=Nc1c(N(C)CC(C)OCP(=O)(O)O)nc[nH]c1=O. The van der Waals surface area contributed by atoms with E-state index in [0.29, 0.717) is 5.82 Å². The first kappa shape index (κ1) is 16.5. The molecule has 0 spiro atoms. The Morgan fingerprint density at radius 3 is 2.85 bits per heavy atom. The van der Waals surface area contributed by atoms with Crippen molar-refractivity contribution in [2.75, 3.05) is 24.8 Å². The van der Waals surface area contributed by atoms with Crippen molar-refractivity contribution in [3.05, 3.63) is 16.7 Å². The van der Waals surface area contributed by atoms with Gasteiger partial charge in [-0.05, 0) is 13.6 Å². The first-order chi connectivity index (χ1) is 9.24. The molecule has 0 amide bonds. The lowest BCUT2D eigenvalue weighted by Crippen LogP contribution is -2.31. The van der Waals surface area contributed by atoms with Crippen molar-refractivity contribution in [2.24, 2.45) is 4.99 Å². The molecule has 0 saturated heterocycles. The first-order valence-electron chi connectivity index (χ1n) is 5.66. The fraction of sp³-hybridized carbons (Fsp3) is 0.500. The number of likely N-dealkylation sites (N-methyl/N-ethyl adjacent to an activating group) is 1. The van der Waals surface area contributed by atoms with Crippen LogP contribution >= 0.6 is 7.60 Å². The zero-order valence-electron chi connectivity index (χ0n) is 11.2. The summed E-state index contributed by atoms with van der Waals surface area (Å²) >= 11 is 0. The second kappa shape index (κ2) is 6.76. The van der Waals surface area contributed by atoms with E-state index in [1.165, 1.54) is 6.33 Å². The van der Waals surface area contributed by atoms with Crippen LogP contribution in [0.2, 0.25) is 0 Å². The molecule has 0 aliphatic rings. The van der Waals surface area contributed by atoms with Gasteiger partial charge < -0.3 is 24.4 Å². The molecule has 1 atom stereocenters. The minimum absolute atomic E-state index is 0.0807. The molecule has 0 bridgehead atoms. The molecular formula is C10H17N4O5P. The van der Waals surface area contributed by atoms with E-state index < -0.39 is 25.6 Å². The van der Waals surface area contributed by atoms with Gasteiger partial charge in [-0.25, -0.2) is 4.98 Å². The van der Waals surface area contributed by atoms with Crippen LogP contribution in [0, 0.1) is 0 Å². The predicted octanol–water partition coefficient (Wildman–Crippen LogP) is 0.0785. The average Bonchev–Trinajstić information content (AvgIpc) is 2.35. The second-order valence-electron chi connectivity index (χ2n) is 4.21. The molecule has 0 fully saturated rings. The highest BCUT2D eigenvalue weighted by Crippen LogP contribution is 2.34. The Hall–Kier alpha value is -1.54. The summed E-state index contributed by atoms with van der Waals surface area (Å²) in [7, 11) is -2.54. The molecule has 0 aliphatic heterocycles. The van der Waals surface area contributed by atoms with E-state index in [9.17, 15) is 9.36 Å². The number of ether oxygens (including phenoxy) is 1. The predicted molar refractivity (Wildman–Crippen MR) is 74.8 cm³/mol. The lowest BCUT2D eigenvalue weighted by molar-refractivity contribution is 0.0934. The molecule has 0 aliphatic carbocycles. The summed E-state index contributed by atoms with van der Waals surface area (Å²) in [6, 6.07) is 0. The quantitative estimate of drug-likeness (QED) is 0.480. The van der Waals surface area contributed by atoms with Gasteiger partial charge in [0.05, 0.1) is 12.4 Å². The van der Waals surface area contributed by atoms with Crippen molar-refractivity contribution in [2.45, 2.75) is 13.0 Å². The Morgan fingerprint density at radius 2 is 2.30 bits per heavy atom. The lowest BCUT2D eigenvalue weighted by atomic mass is 10.3. The number of hydrogen-bond acceptors (Lipinski definition) is 6. The van der Waals surface area contributed by atoms with E-state index in [0.717, 1.165) is 0 Å². The van der Waals surface area contributed by atoms with Crippen molar-refractivity contribution in [1.82, 2.24) is 9.97 Å². The van der Waals surface area contributed by atoms with Crippen molar-refractivity contribution in [3.63, 3.8) is 0 Å². The molecule has 3 N–H and O–H groups in total. The van der Waals surface area contributed by atoms with Crippen molar-refractivity contribution < 1.29 is 19.1 Å². The van der Waals surface area contributed by atoms with Gasteiger partial charge in [-0.15, -0.1) is 0 Å². The number of anilines is 1. The standard InChI is InChI=1S/C10H17N4O5P/c1-7(19-6-20(16,17)18)4-14(3)9-8(11-2)10(15)13-5-12-9/h5,7H,2,4,6H2,1,3H3,(H,12,13,15)(H2,16,17,18). The minimum atomic E-state index is -4.20. The maximum Gasteiger partial charge on any atom is 0.350 e. The largest absolute Gasteiger partial charge is 0.364 e. The Balaban J connectivity index is 2.74. The summed E-state index contributed by atoms with van der Waals surface area (Å²) in [6.07, 6.45) is 0.118. The Morgan fingerprint density at radius 1 is 1.65 bits per heavy atom. The number of hydrogen-bond donors (Lipinski definition) is 3. The Bertz CT molecular complexity index is 569. The van der Waals surface area contributed by atoms with Gasteiger partial charge in [0, 0.05) is 13.6 Å². The van der Waals surface area contributed by atoms with Crippen LogP contribution in [0.5, 0.6) is 0 Å². The Labute approximate surface area is 115 Å².